The molecule has 0 N–H and O–H groups in total. The van der Waals surface area contributed by atoms with Gasteiger partial charge in [0.15, 0.2) is 5.82 Å². The van der Waals surface area contributed by atoms with E-state index in [1.165, 1.54) is 10.4 Å². The summed E-state index contributed by atoms with van der Waals surface area (Å²) < 4.78 is 5.46. The smallest absolute Gasteiger partial charge is 0.205 e. The first kappa shape index (κ1) is 19.2. The van der Waals surface area contributed by atoms with E-state index in [0.717, 1.165) is 53.5 Å². The minimum atomic E-state index is 0.584. The second kappa shape index (κ2) is 7.82. The molecule has 154 valence electrons. The average molecular weight is 422 g/mol. The van der Waals surface area contributed by atoms with Gasteiger partial charge in [-0.3, -0.25) is 4.90 Å². The summed E-state index contributed by atoms with van der Waals surface area (Å²) in [6.07, 6.45) is 0. The molecule has 3 aromatic heterocycles. The van der Waals surface area contributed by atoms with Gasteiger partial charge in [-0.15, -0.1) is 26.3 Å². The highest BCUT2D eigenvalue weighted by atomic mass is 32.1. The topological polar surface area (TPSA) is 81.9 Å². The van der Waals surface area contributed by atoms with Crippen molar-refractivity contribution in [3.05, 3.63) is 46.1 Å². The van der Waals surface area contributed by atoms with Crippen LogP contribution >= 0.6 is 11.3 Å². The maximum absolute atomic E-state index is 5.46. The van der Waals surface area contributed by atoms with Crippen molar-refractivity contribution < 1.29 is 4.74 Å². The second-order valence-corrected chi connectivity index (χ2v) is 8.79. The molecule has 0 saturated carbocycles. The van der Waals surface area contributed by atoms with Gasteiger partial charge < -0.3 is 4.74 Å². The van der Waals surface area contributed by atoms with Crippen molar-refractivity contribution in [1.82, 2.24) is 35.1 Å². The standard InChI is InChI=1S/C21H23N7OS/c1-13-4-6-16(7-5-13)19-24-26-28(25-19)20-18-14(2)15(3)30-21(18)23-17(22-20)12-27-8-10-29-11-9-27/h4-7H,8-12H2,1-3H3. The number of thiophene rings is 1. The van der Waals surface area contributed by atoms with Gasteiger partial charge in [-0.05, 0) is 31.5 Å². The van der Waals surface area contributed by atoms with Crippen molar-refractivity contribution in [2.24, 2.45) is 0 Å². The quantitative estimate of drug-likeness (QED) is 0.501. The van der Waals surface area contributed by atoms with Crippen LogP contribution in [0.2, 0.25) is 0 Å². The molecule has 0 spiro atoms. The summed E-state index contributed by atoms with van der Waals surface area (Å²) in [5, 5.41) is 14.2. The lowest BCUT2D eigenvalue weighted by Gasteiger charge is -2.25. The summed E-state index contributed by atoms with van der Waals surface area (Å²) in [5.74, 6) is 2.05. The third kappa shape index (κ3) is 3.60. The van der Waals surface area contributed by atoms with Crippen LogP contribution in [0, 0.1) is 20.8 Å². The zero-order chi connectivity index (χ0) is 20.7. The minimum Gasteiger partial charge on any atom is -0.379 e. The number of benzene rings is 1. The third-order valence-corrected chi connectivity index (χ3v) is 6.54. The highest BCUT2D eigenvalue weighted by molar-refractivity contribution is 7.18. The number of ether oxygens (including phenoxy) is 1. The van der Waals surface area contributed by atoms with E-state index in [1.807, 2.05) is 24.3 Å². The summed E-state index contributed by atoms with van der Waals surface area (Å²) in [4.78, 5) is 15.8. The number of nitrogens with zero attached hydrogens (tertiary/aromatic N) is 7. The highest BCUT2D eigenvalue weighted by Gasteiger charge is 2.20. The number of hydrogen-bond acceptors (Lipinski definition) is 8. The Hall–Kier alpha value is -2.75. The van der Waals surface area contributed by atoms with E-state index in [0.29, 0.717) is 18.2 Å². The van der Waals surface area contributed by atoms with Crippen LogP contribution in [-0.2, 0) is 11.3 Å². The van der Waals surface area contributed by atoms with E-state index in [-0.39, 0.29) is 0 Å². The number of rotatable bonds is 4. The fourth-order valence-electron chi connectivity index (χ4n) is 3.57. The van der Waals surface area contributed by atoms with Crippen LogP contribution in [0.4, 0.5) is 0 Å². The van der Waals surface area contributed by atoms with E-state index in [9.17, 15) is 0 Å². The Morgan fingerprint density at radius 3 is 2.57 bits per heavy atom. The SMILES string of the molecule is Cc1ccc(-c2nnn(-c3nc(CN4CCOCC4)nc4sc(C)c(C)c34)n2)cc1. The molecule has 8 nitrogen and oxygen atoms in total. The van der Waals surface area contributed by atoms with Crippen LogP contribution < -0.4 is 0 Å². The van der Waals surface area contributed by atoms with Gasteiger partial charge in [-0.25, -0.2) is 9.97 Å². The lowest BCUT2D eigenvalue weighted by Crippen LogP contribution is -2.36. The molecule has 0 amide bonds. The second-order valence-electron chi connectivity index (χ2n) is 7.58. The Labute approximate surface area is 178 Å². The lowest BCUT2D eigenvalue weighted by molar-refractivity contribution is 0.0331. The lowest BCUT2D eigenvalue weighted by atomic mass is 10.1. The van der Waals surface area contributed by atoms with Crippen LogP contribution in [0.25, 0.3) is 27.4 Å². The monoisotopic (exact) mass is 421 g/mol. The van der Waals surface area contributed by atoms with Crippen molar-refractivity contribution >= 4 is 21.6 Å². The summed E-state index contributed by atoms with van der Waals surface area (Å²) in [6.45, 7) is 10.2. The first-order valence-corrected chi connectivity index (χ1v) is 10.8. The molecule has 1 aliphatic heterocycles. The van der Waals surface area contributed by atoms with Crippen LogP contribution in [0.15, 0.2) is 24.3 Å². The molecule has 0 radical (unpaired) electrons. The molecule has 0 aliphatic carbocycles. The Kier molecular flexibility index (Phi) is 5.01. The number of morpholine rings is 1. The van der Waals surface area contributed by atoms with Gasteiger partial charge in [0, 0.05) is 23.5 Å². The Morgan fingerprint density at radius 2 is 1.80 bits per heavy atom. The molecule has 4 heterocycles. The summed E-state index contributed by atoms with van der Waals surface area (Å²) >= 11 is 1.68. The molecule has 1 aliphatic rings. The molecule has 1 saturated heterocycles. The first-order valence-electron chi connectivity index (χ1n) is 10.0. The third-order valence-electron chi connectivity index (χ3n) is 5.44. The van der Waals surface area contributed by atoms with Crippen LogP contribution in [0.1, 0.15) is 21.8 Å². The number of fused-ring (bicyclic) bond motifs is 1. The van der Waals surface area contributed by atoms with Crippen molar-refractivity contribution in [1.29, 1.82) is 0 Å². The highest BCUT2D eigenvalue weighted by Crippen LogP contribution is 2.32. The Morgan fingerprint density at radius 1 is 1.03 bits per heavy atom. The van der Waals surface area contributed by atoms with Crippen LogP contribution in [0.5, 0.6) is 0 Å². The van der Waals surface area contributed by atoms with Gasteiger partial charge in [-0.2, -0.15) is 0 Å². The normalized spacial score (nSPS) is 15.2. The predicted octanol–water partition coefficient (Wildman–Crippen LogP) is 3.09. The Balaban J connectivity index is 1.57. The fourth-order valence-corrected chi connectivity index (χ4v) is 4.61. The van der Waals surface area contributed by atoms with Crippen molar-refractivity contribution in [2.75, 3.05) is 26.3 Å². The van der Waals surface area contributed by atoms with Gasteiger partial charge in [0.05, 0.1) is 25.1 Å². The van der Waals surface area contributed by atoms with E-state index in [4.69, 9.17) is 14.7 Å². The Bertz CT molecular complexity index is 1190. The molecule has 5 rings (SSSR count). The number of aryl methyl sites for hydroxylation is 3. The largest absolute Gasteiger partial charge is 0.379 e. The van der Waals surface area contributed by atoms with E-state index in [1.54, 1.807) is 16.1 Å². The van der Waals surface area contributed by atoms with E-state index < -0.39 is 0 Å². The van der Waals surface area contributed by atoms with Gasteiger partial charge >= 0.3 is 0 Å². The summed E-state index contributed by atoms with van der Waals surface area (Å²) in [6, 6.07) is 8.11. The zero-order valence-electron chi connectivity index (χ0n) is 17.3. The molecule has 0 atom stereocenters. The molecule has 4 aromatic rings. The molecule has 0 bridgehead atoms. The van der Waals surface area contributed by atoms with Crippen molar-refractivity contribution in [3.63, 3.8) is 0 Å². The van der Waals surface area contributed by atoms with Crippen LogP contribution in [-0.4, -0.2) is 61.4 Å². The van der Waals surface area contributed by atoms with E-state index >= 15 is 0 Å². The number of tetrazole rings is 1. The van der Waals surface area contributed by atoms with E-state index in [2.05, 4.69) is 41.1 Å². The number of aromatic nitrogens is 6. The molecule has 9 heteroatoms. The molecule has 30 heavy (non-hydrogen) atoms. The van der Waals surface area contributed by atoms with Gasteiger partial charge in [0.25, 0.3) is 0 Å². The number of hydrogen-bond donors (Lipinski definition) is 0. The van der Waals surface area contributed by atoms with Crippen molar-refractivity contribution in [2.45, 2.75) is 27.3 Å². The molecular formula is C21H23N7OS. The fraction of sp³-hybridized carbons (Fsp3) is 0.381. The van der Waals surface area contributed by atoms with Gasteiger partial charge in [0.1, 0.15) is 10.7 Å². The molecular weight excluding hydrogens is 398 g/mol. The molecule has 0 unspecified atom stereocenters. The van der Waals surface area contributed by atoms with Gasteiger partial charge in [0.2, 0.25) is 5.82 Å². The molecule has 1 aromatic carbocycles. The predicted molar refractivity (Wildman–Crippen MR) is 116 cm³/mol. The minimum absolute atomic E-state index is 0.584. The van der Waals surface area contributed by atoms with Crippen LogP contribution in [0.3, 0.4) is 0 Å². The average Bonchev–Trinajstić information content (AvgIpc) is 3.34. The summed E-state index contributed by atoms with van der Waals surface area (Å²) in [5.41, 5.74) is 3.29. The summed E-state index contributed by atoms with van der Waals surface area (Å²) in [7, 11) is 0. The first-order chi connectivity index (χ1) is 14.6. The molecule has 1 fully saturated rings. The maximum atomic E-state index is 5.46. The van der Waals surface area contributed by atoms with Gasteiger partial charge in [-0.1, -0.05) is 29.8 Å². The zero-order valence-corrected chi connectivity index (χ0v) is 18.1. The van der Waals surface area contributed by atoms with Crippen molar-refractivity contribution in [3.8, 4) is 17.2 Å². The maximum Gasteiger partial charge on any atom is 0.205 e.